The molecule has 0 radical (unpaired) electrons. The fourth-order valence-electron chi connectivity index (χ4n) is 2.63. The Morgan fingerprint density at radius 1 is 1.13 bits per heavy atom. The molecule has 0 spiro atoms. The number of fused-ring (bicyclic) bond motifs is 1. The van der Waals surface area contributed by atoms with Crippen LogP contribution in [0.2, 0.25) is 0 Å². The average molecular weight is 329 g/mol. The van der Waals surface area contributed by atoms with Crippen molar-refractivity contribution >= 4 is 22.5 Å². The van der Waals surface area contributed by atoms with Crippen LogP contribution >= 0.6 is 11.6 Å². The Labute approximate surface area is 139 Å². The molecule has 0 saturated carbocycles. The van der Waals surface area contributed by atoms with Crippen molar-refractivity contribution in [3.8, 4) is 17.1 Å². The van der Waals surface area contributed by atoms with Crippen LogP contribution in [0.3, 0.4) is 0 Å². The number of aromatic nitrogens is 2. The highest BCUT2D eigenvalue weighted by molar-refractivity contribution is 6.17. The third kappa shape index (κ3) is 2.94. The molecule has 0 aliphatic rings. The van der Waals surface area contributed by atoms with Gasteiger partial charge in [0.2, 0.25) is 0 Å². The van der Waals surface area contributed by atoms with E-state index < -0.39 is 0 Å². The summed E-state index contributed by atoms with van der Waals surface area (Å²) in [5.74, 6) is 1.79. The largest absolute Gasteiger partial charge is 0.496 e. The standard InChI is InChI=1S/C18H17ClN2O2/c1-23-16-10-5-3-8-14(16)17-20-15-9-4-2-7-13(15)18(22)21(17)12-6-11-19/h2-5,7-10H,6,11-12H2,1H3. The van der Waals surface area contributed by atoms with E-state index in [1.807, 2.05) is 42.5 Å². The number of halogens is 1. The number of benzene rings is 2. The molecule has 0 saturated heterocycles. The molecule has 0 N–H and O–H groups in total. The Morgan fingerprint density at radius 2 is 1.87 bits per heavy atom. The molecular weight excluding hydrogens is 312 g/mol. The van der Waals surface area contributed by atoms with Gasteiger partial charge in [-0.3, -0.25) is 9.36 Å². The van der Waals surface area contributed by atoms with Gasteiger partial charge in [0.15, 0.2) is 0 Å². The summed E-state index contributed by atoms with van der Waals surface area (Å²) >= 11 is 5.82. The highest BCUT2D eigenvalue weighted by atomic mass is 35.5. The molecule has 0 bridgehead atoms. The lowest BCUT2D eigenvalue weighted by Gasteiger charge is -2.15. The van der Waals surface area contributed by atoms with Gasteiger partial charge in [-0.2, -0.15) is 0 Å². The minimum Gasteiger partial charge on any atom is -0.496 e. The number of methoxy groups -OCH3 is 1. The summed E-state index contributed by atoms with van der Waals surface area (Å²) in [5, 5.41) is 0.612. The van der Waals surface area contributed by atoms with Crippen LogP contribution in [0.4, 0.5) is 0 Å². The zero-order chi connectivity index (χ0) is 16.2. The predicted octanol–water partition coefficient (Wildman–Crippen LogP) is 3.70. The van der Waals surface area contributed by atoms with Crippen LogP contribution in [-0.4, -0.2) is 22.5 Å². The maximum Gasteiger partial charge on any atom is 0.261 e. The zero-order valence-corrected chi connectivity index (χ0v) is 13.6. The first-order valence-corrected chi connectivity index (χ1v) is 7.98. The molecule has 5 heteroatoms. The van der Waals surface area contributed by atoms with Crippen LogP contribution in [0.15, 0.2) is 53.3 Å². The van der Waals surface area contributed by atoms with Crippen LogP contribution in [0, 0.1) is 0 Å². The molecule has 118 valence electrons. The van der Waals surface area contributed by atoms with E-state index in [0.29, 0.717) is 41.3 Å². The molecule has 0 amide bonds. The maximum atomic E-state index is 12.9. The minimum absolute atomic E-state index is 0.0541. The molecule has 3 rings (SSSR count). The van der Waals surface area contributed by atoms with Crippen LogP contribution in [0.25, 0.3) is 22.3 Å². The van der Waals surface area contributed by atoms with E-state index >= 15 is 0 Å². The van der Waals surface area contributed by atoms with Crippen molar-refractivity contribution in [1.29, 1.82) is 0 Å². The second-order valence-corrected chi connectivity index (χ2v) is 5.53. The molecule has 3 aromatic rings. The van der Waals surface area contributed by atoms with Gasteiger partial charge in [-0.25, -0.2) is 4.98 Å². The van der Waals surface area contributed by atoms with Gasteiger partial charge in [-0.15, -0.1) is 11.6 Å². The number of hydrogen-bond acceptors (Lipinski definition) is 3. The average Bonchev–Trinajstić information content (AvgIpc) is 2.61. The van der Waals surface area contributed by atoms with Crippen LogP contribution in [0.1, 0.15) is 6.42 Å². The van der Waals surface area contributed by atoms with Gasteiger partial charge in [-0.1, -0.05) is 24.3 Å². The number of para-hydroxylation sites is 2. The topological polar surface area (TPSA) is 44.1 Å². The van der Waals surface area contributed by atoms with E-state index in [9.17, 15) is 4.79 Å². The smallest absolute Gasteiger partial charge is 0.261 e. The van der Waals surface area contributed by atoms with E-state index in [1.165, 1.54) is 0 Å². The number of ether oxygens (including phenoxy) is 1. The van der Waals surface area contributed by atoms with Crippen molar-refractivity contribution in [2.75, 3.05) is 13.0 Å². The maximum absolute atomic E-state index is 12.9. The second-order valence-electron chi connectivity index (χ2n) is 5.15. The summed E-state index contributed by atoms with van der Waals surface area (Å²) in [7, 11) is 1.61. The highest BCUT2D eigenvalue weighted by Gasteiger charge is 2.15. The first kappa shape index (κ1) is 15.6. The summed E-state index contributed by atoms with van der Waals surface area (Å²) < 4.78 is 7.11. The van der Waals surface area contributed by atoms with Gasteiger partial charge < -0.3 is 4.74 Å². The van der Waals surface area contributed by atoms with Crippen LogP contribution < -0.4 is 10.3 Å². The predicted molar refractivity (Wildman–Crippen MR) is 93.3 cm³/mol. The van der Waals surface area contributed by atoms with Crippen molar-refractivity contribution in [1.82, 2.24) is 9.55 Å². The lowest BCUT2D eigenvalue weighted by atomic mass is 10.1. The molecule has 0 atom stereocenters. The lowest BCUT2D eigenvalue weighted by molar-refractivity contribution is 0.415. The van der Waals surface area contributed by atoms with Gasteiger partial charge in [0.05, 0.1) is 23.6 Å². The van der Waals surface area contributed by atoms with E-state index in [2.05, 4.69) is 0 Å². The molecular formula is C18H17ClN2O2. The fraction of sp³-hybridized carbons (Fsp3) is 0.222. The quantitative estimate of drug-likeness (QED) is 0.671. The number of nitrogens with zero attached hydrogens (tertiary/aromatic N) is 2. The Kier molecular flexibility index (Phi) is 4.63. The Morgan fingerprint density at radius 3 is 2.65 bits per heavy atom. The monoisotopic (exact) mass is 328 g/mol. The van der Waals surface area contributed by atoms with Gasteiger partial charge >= 0.3 is 0 Å². The molecule has 2 aromatic carbocycles. The highest BCUT2D eigenvalue weighted by Crippen LogP contribution is 2.28. The Balaban J connectivity index is 2.31. The lowest BCUT2D eigenvalue weighted by Crippen LogP contribution is -2.24. The van der Waals surface area contributed by atoms with Crippen molar-refractivity contribution < 1.29 is 4.74 Å². The molecule has 4 nitrogen and oxygen atoms in total. The normalized spacial score (nSPS) is 10.9. The first-order chi connectivity index (χ1) is 11.3. The van der Waals surface area contributed by atoms with Gasteiger partial charge in [0, 0.05) is 12.4 Å². The second kappa shape index (κ2) is 6.84. The Bertz CT molecular complexity index is 890. The molecule has 0 unspecified atom stereocenters. The van der Waals surface area contributed by atoms with Crippen molar-refractivity contribution in [2.24, 2.45) is 0 Å². The van der Waals surface area contributed by atoms with E-state index in [-0.39, 0.29) is 5.56 Å². The Hall–Kier alpha value is -2.33. The molecule has 0 fully saturated rings. The van der Waals surface area contributed by atoms with Gasteiger partial charge in [0.1, 0.15) is 11.6 Å². The number of hydrogen-bond donors (Lipinski definition) is 0. The van der Waals surface area contributed by atoms with Crippen molar-refractivity contribution in [3.63, 3.8) is 0 Å². The zero-order valence-electron chi connectivity index (χ0n) is 12.8. The SMILES string of the molecule is COc1ccccc1-c1nc2ccccc2c(=O)n1CCCCl. The fourth-order valence-corrected chi connectivity index (χ4v) is 2.75. The third-order valence-corrected chi connectivity index (χ3v) is 3.99. The third-order valence-electron chi connectivity index (χ3n) is 3.72. The summed E-state index contributed by atoms with van der Waals surface area (Å²) in [6.45, 7) is 0.521. The summed E-state index contributed by atoms with van der Waals surface area (Å²) in [4.78, 5) is 17.6. The van der Waals surface area contributed by atoms with Gasteiger partial charge in [0.25, 0.3) is 5.56 Å². The minimum atomic E-state index is -0.0541. The van der Waals surface area contributed by atoms with Crippen molar-refractivity contribution in [3.05, 3.63) is 58.9 Å². The first-order valence-electron chi connectivity index (χ1n) is 7.45. The molecule has 0 aliphatic heterocycles. The molecule has 1 heterocycles. The summed E-state index contributed by atoms with van der Waals surface area (Å²) in [6.07, 6.45) is 0.698. The van der Waals surface area contributed by atoms with Crippen LogP contribution in [0.5, 0.6) is 5.75 Å². The van der Waals surface area contributed by atoms with Crippen LogP contribution in [-0.2, 0) is 6.54 Å². The summed E-state index contributed by atoms with van der Waals surface area (Å²) in [6, 6.07) is 14.9. The molecule has 1 aromatic heterocycles. The molecule has 0 aliphatic carbocycles. The van der Waals surface area contributed by atoms with E-state index in [0.717, 1.165) is 5.56 Å². The molecule has 23 heavy (non-hydrogen) atoms. The van der Waals surface area contributed by atoms with E-state index in [4.69, 9.17) is 21.3 Å². The number of alkyl halides is 1. The number of rotatable bonds is 5. The van der Waals surface area contributed by atoms with E-state index in [1.54, 1.807) is 17.7 Å². The van der Waals surface area contributed by atoms with Crippen molar-refractivity contribution in [2.45, 2.75) is 13.0 Å². The van der Waals surface area contributed by atoms with Gasteiger partial charge in [-0.05, 0) is 30.7 Å². The summed E-state index contributed by atoms with van der Waals surface area (Å²) in [5.41, 5.74) is 1.43.